The zero-order valence-electron chi connectivity index (χ0n) is 13.2. The summed E-state index contributed by atoms with van der Waals surface area (Å²) in [6.07, 6.45) is 8.35. The molecule has 2 unspecified atom stereocenters. The van der Waals surface area contributed by atoms with Crippen LogP contribution >= 0.6 is 0 Å². The van der Waals surface area contributed by atoms with E-state index in [1.54, 1.807) is 4.90 Å². The second kappa shape index (κ2) is 7.46. The third kappa shape index (κ3) is 4.47. The van der Waals surface area contributed by atoms with Crippen LogP contribution in [0, 0.1) is 18.3 Å². The summed E-state index contributed by atoms with van der Waals surface area (Å²) in [4.78, 5) is 25.3. The topological polar surface area (TPSA) is 69.6 Å². The Hall–Kier alpha value is -1.54. The lowest BCUT2D eigenvalue weighted by Gasteiger charge is -2.36. The van der Waals surface area contributed by atoms with Gasteiger partial charge in [0.15, 0.2) is 0 Å². The fourth-order valence-corrected chi connectivity index (χ4v) is 2.79. The molecule has 118 valence electrons. The summed E-state index contributed by atoms with van der Waals surface area (Å²) >= 11 is 0. The molecule has 0 bridgehead atoms. The molecule has 0 radical (unpaired) electrons. The van der Waals surface area contributed by atoms with Crippen molar-refractivity contribution in [3.05, 3.63) is 0 Å². The van der Waals surface area contributed by atoms with Gasteiger partial charge in [-0.1, -0.05) is 26.7 Å². The van der Waals surface area contributed by atoms with Gasteiger partial charge in [0.2, 0.25) is 5.91 Å². The number of likely N-dealkylation sites (tertiary alicyclic amines) is 1. The fraction of sp³-hybridized carbons (Fsp3) is 0.750. The summed E-state index contributed by atoms with van der Waals surface area (Å²) in [5, 5.41) is 12.2. The third-order valence-electron chi connectivity index (χ3n) is 4.47. The van der Waals surface area contributed by atoms with Gasteiger partial charge in [0.1, 0.15) is 11.6 Å². The number of aliphatic carboxylic acids is 1. The fourth-order valence-electron chi connectivity index (χ4n) is 2.79. The molecule has 0 aromatic heterocycles. The van der Waals surface area contributed by atoms with E-state index in [1.807, 2.05) is 20.8 Å². The highest BCUT2D eigenvalue weighted by molar-refractivity contribution is 5.81. The van der Waals surface area contributed by atoms with Crippen molar-refractivity contribution in [2.75, 3.05) is 13.1 Å². The summed E-state index contributed by atoms with van der Waals surface area (Å²) < 4.78 is 0. The van der Waals surface area contributed by atoms with Crippen molar-refractivity contribution in [1.82, 2.24) is 10.2 Å². The van der Waals surface area contributed by atoms with Crippen LogP contribution in [0.2, 0.25) is 0 Å². The molecular formula is C16H26N2O3. The van der Waals surface area contributed by atoms with E-state index in [1.165, 1.54) is 0 Å². The molecule has 0 aromatic carbocycles. The van der Waals surface area contributed by atoms with Crippen LogP contribution < -0.4 is 5.32 Å². The van der Waals surface area contributed by atoms with E-state index in [2.05, 4.69) is 11.2 Å². The van der Waals surface area contributed by atoms with E-state index >= 15 is 0 Å². The highest BCUT2D eigenvalue weighted by atomic mass is 16.4. The van der Waals surface area contributed by atoms with Crippen molar-refractivity contribution >= 4 is 11.9 Å². The maximum Gasteiger partial charge on any atom is 0.320 e. The van der Waals surface area contributed by atoms with E-state index in [0.717, 1.165) is 6.42 Å². The standard InChI is InChI=1S/C16H26N2O3/c1-5-16(6-2,7-3)17-14(19)11-18-9-8-12(4)10-13(18)15(20)21/h1,12-13H,6-11H2,2-4H3,(H,17,19)(H,20,21). The zero-order chi connectivity index (χ0) is 16.0. The number of amides is 1. The summed E-state index contributed by atoms with van der Waals surface area (Å²) in [5.41, 5.74) is -0.626. The second-order valence-electron chi connectivity index (χ2n) is 5.94. The minimum atomic E-state index is -0.858. The lowest BCUT2D eigenvalue weighted by molar-refractivity contribution is -0.146. The Morgan fingerprint density at radius 3 is 2.52 bits per heavy atom. The molecule has 2 N–H and O–H groups in total. The number of rotatable bonds is 6. The van der Waals surface area contributed by atoms with Gasteiger partial charge in [0, 0.05) is 0 Å². The van der Waals surface area contributed by atoms with Gasteiger partial charge in [-0.2, -0.15) is 0 Å². The van der Waals surface area contributed by atoms with Crippen molar-refractivity contribution in [2.24, 2.45) is 5.92 Å². The Labute approximate surface area is 127 Å². The van der Waals surface area contributed by atoms with Gasteiger partial charge in [0.05, 0.1) is 6.54 Å². The monoisotopic (exact) mass is 294 g/mol. The molecule has 5 nitrogen and oxygen atoms in total. The van der Waals surface area contributed by atoms with Gasteiger partial charge in [-0.25, -0.2) is 0 Å². The van der Waals surface area contributed by atoms with Crippen molar-refractivity contribution in [3.8, 4) is 12.3 Å². The average molecular weight is 294 g/mol. The van der Waals surface area contributed by atoms with Crippen LogP contribution in [0.15, 0.2) is 0 Å². The average Bonchev–Trinajstić information content (AvgIpc) is 2.46. The predicted octanol–water partition coefficient (Wildman–Crippen LogP) is 1.48. The van der Waals surface area contributed by atoms with E-state index in [9.17, 15) is 14.7 Å². The third-order valence-corrected chi connectivity index (χ3v) is 4.47. The molecule has 0 saturated carbocycles. The molecule has 1 aliphatic heterocycles. The van der Waals surface area contributed by atoms with Crippen molar-refractivity contribution in [2.45, 2.75) is 58.0 Å². The zero-order valence-corrected chi connectivity index (χ0v) is 13.2. The van der Waals surface area contributed by atoms with E-state index in [4.69, 9.17) is 6.42 Å². The van der Waals surface area contributed by atoms with Gasteiger partial charge in [0.25, 0.3) is 0 Å². The largest absolute Gasteiger partial charge is 0.480 e. The van der Waals surface area contributed by atoms with E-state index in [0.29, 0.717) is 31.7 Å². The molecule has 0 aliphatic carbocycles. The molecule has 1 rings (SSSR count). The maximum atomic E-state index is 12.2. The first-order chi connectivity index (χ1) is 9.87. The van der Waals surface area contributed by atoms with Crippen molar-refractivity contribution in [3.63, 3.8) is 0 Å². The van der Waals surface area contributed by atoms with Crippen LogP contribution in [0.4, 0.5) is 0 Å². The number of carbonyl (C=O) groups is 2. The number of hydrogen-bond donors (Lipinski definition) is 2. The molecule has 0 aromatic rings. The van der Waals surface area contributed by atoms with E-state index in [-0.39, 0.29) is 12.5 Å². The molecule has 0 spiro atoms. The van der Waals surface area contributed by atoms with E-state index < -0.39 is 17.6 Å². The van der Waals surface area contributed by atoms with Gasteiger partial charge < -0.3 is 10.4 Å². The first-order valence-electron chi connectivity index (χ1n) is 7.63. The summed E-state index contributed by atoms with van der Waals surface area (Å²) in [7, 11) is 0. The van der Waals surface area contributed by atoms with Crippen molar-refractivity contribution < 1.29 is 14.7 Å². The van der Waals surface area contributed by atoms with Crippen LogP contribution in [0.25, 0.3) is 0 Å². The minimum Gasteiger partial charge on any atom is -0.480 e. The van der Waals surface area contributed by atoms with Crippen LogP contribution in [-0.4, -0.2) is 46.6 Å². The molecule has 5 heteroatoms. The Morgan fingerprint density at radius 2 is 2.05 bits per heavy atom. The number of carboxylic acids is 1. The van der Waals surface area contributed by atoms with Gasteiger partial charge >= 0.3 is 5.97 Å². The predicted molar refractivity (Wildman–Crippen MR) is 81.7 cm³/mol. The molecule has 1 amide bonds. The van der Waals surface area contributed by atoms with Gasteiger partial charge in [-0.15, -0.1) is 6.42 Å². The van der Waals surface area contributed by atoms with Crippen LogP contribution in [0.1, 0.15) is 46.5 Å². The Balaban J connectivity index is 2.69. The first kappa shape index (κ1) is 17.5. The Morgan fingerprint density at radius 1 is 1.43 bits per heavy atom. The smallest absolute Gasteiger partial charge is 0.320 e. The minimum absolute atomic E-state index is 0.0904. The number of nitrogens with zero attached hydrogens (tertiary/aromatic N) is 1. The second-order valence-corrected chi connectivity index (χ2v) is 5.94. The molecule has 21 heavy (non-hydrogen) atoms. The Kier molecular flexibility index (Phi) is 6.22. The molecule has 1 heterocycles. The molecular weight excluding hydrogens is 268 g/mol. The van der Waals surface area contributed by atoms with Crippen LogP contribution in [0.3, 0.4) is 0 Å². The first-order valence-corrected chi connectivity index (χ1v) is 7.63. The lowest BCUT2D eigenvalue weighted by Crippen LogP contribution is -2.54. The number of carbonyl (C=O) groups excluding carboxylic acids is 1. The number of nitrogens with one attached hydrogen (secondary N) is 1. The van der Waals surface area contributed by atoms with Crippen LogP contribution in [-0.2, 0) is 9.59 Å². The van der Waals surface area contributed by atoms with Crippen LogP contribution in [0.5, 0.6) is 0 Å². The number of carboxylic acid groups (broad SMARTS) is 1. The molecule has 2 atom stereocenters. The summed E-state index contributed by atoms with van der Waals surface area (Å²) in [5.74, 6) is 1.98. The SMILES string of the molecule is C#CC(CC)(CC)NC(=O)CN1CCC(C)CC1C(=O)O. The number of terminal acetylenes is 1. The highest BCUT2D eigenvalue weighted by Gasteiger charge is 2.34. The summed E-state index contributed by atoms with van der Waals surface area (Å²) in [6.45, 7) is 6.64. The number of piperidine rings is 1. The highest BCUT2D eigenvalue weighted by Crippen LogP contribution is 2.22. The number of hydrogen-bond acceptors (Lipinski definition) is 3. The quantitative estimate of drug-likeness (QED) is 0.728. The normalized spacial score (nSPS) is 23.3. The maximum absolute atomic E-state index is 12.2. The molecule has 1 saturated heterocycles. The van der Waals surface area contributed by atoms with Gasteiger partial charge in [-0.3, -0.25) is 14.5 Å². The Bertz CT molecular complexity index is 424. The van der Waals surface area contributed by atoms with Gasteiger partial charge in [-0.05, 0) is 38.1 Å². The molecule has 1 fully saturated rings. The van der Waals surface area contributed by atoms with Crippen molar-refractivity contribution in [1.29, 1.82) is 0 Å². The summed E-state index contributed by atoms with van der Waals surface area (Å²) in [6, 6.07) is -0.581. The molecule has 1 aliphatic rings. The lowest BCUT2D eigenvalue weighted by atomic mass is 9.92.